The third kappa shape index (κ3) is 6.49. The third-order valence-corrected chi connectivity index (χ3v) is 4.86. The summed E-state index contributed by atoms with van der Waals surface area (Å²) in [6, 6.07) is 6.34. The number of likely N-dealkylation sites (N-methyl/N-ethyl adjacent to an activating group) is 1. The van der Waals surface area contributed by atoms with Gasteiger partial charge in [-0.05, 0) is 70.9 Å². The molecule has 0 aromatic heterocycles. The number of halogens is 1. The van der Waals surface area contributed by atoms with Crippen molar-refractivity contribution in [2.75, 3.05) is 26.7 Å². The van der Waals surface area contributed by atoms with Crippen molar-refractivity contribution in [1.29, 1.82) is 0 Å². The van der Waals surface area contributed by atoms with Crippen molar-refractivity contribution in [3.8, 4) is 5.75 Å². The lowest BCUT2D eigenvalue weighted by atomic mass is 10.1. The fraction of sp³-hybridized carbons (Fsp3) is 0.632. The van der Waals surface area contributed by atoms with Crippen molar-refractivity contribution >= 4 is 17.6 Å². The number of hydrogen-bond acceptors (Lipinski definition) is 4. The van der Waals surface area contributed by atoms with E-state index in [-0.39, 0.29) is 12.6 Å². The number of nitrogens with zero attached hydrogens (tertiary/aromatic N) is 2. The van der Waals surface area contributed by atoms with Gasteiger partial charge >= 0.3 is 5.97 Å². The summed E-state index contributed by atoms with van der Waals surface area (Å²) in [4.78, 5) is 15.3. The number of benzene rings is 1. The lowest BCUT2D eigenvalue weighted by Gasteiger charge is -2.25. The van der Waals surface area contributed by atoms with E-state index in [1.165, 1.54) is 5.56 Å². The van der Waals surface area contributed by atoms with Gasteiger partial charge in [0.05, 0.1) is 17.7 Å². The molecule has 1 saturated heterocycles. The maximum atomic E-state index is 10.9. The Morgan fingerprint density at radius 3 is 2.80 bits per heavy atom. The number of ether oxygens (including phenoxy) is 1. The zero-order valence-electron chi connectivity index (χ0n) is 15.4. The van der Waals surface area contributed by atoms with Crippen molar-refractivity contribution in [3.05, 3.63) is 28.8 Å². The zero-order chi connectivity index (χ0) is 18.4. The van der Waals surface area contributed by atoms with Crippen LogP contribution in [-0.4, -0.2) is 59.7 Å². The standard InChI is InChI=1S/C19H29ClN2O3/c1-14(2)25-18-7-6-15(11-17(18)20)12-22-9-4-5-16(8-10-22)21(3)13-19(23)24/h6-7,11,14,16H,4-5,8-10,12-13H2,1-3H3,(H,23,24). The molecule has 6 heteroatoms. The molecule has 1 fully saturated rings. The summed E-state index contributed by atoms with van der Waals surface area (Å²) in [6.45, 7) is 6.93. The van der Waals surface area contributed by atoms with E-state index in [2.05, 4.69) is 11.0 Å². The number of carboxylic acids is 1. The van der Waals surface area contributed by atoms with Gasteiger partial charge in [-0.15, -0.1) is 0 Å². The topological polar surface area (TPSA) is 53.0 Å². The number of carboxylic acid groups (broad SMARTS) is 1. The first-order valence-electron chi connectivity index (χ1n) is 8.94. The van der Waals surface area contributed by atoms with Gasteiger partial charge < -0.3 is 9.84 Å². The molecule has 0 radical (unpaired) electrons. The Morgan fingerprint density at radius 2 is 2.16 bits per heavy atom. The fourth-order valence-corrected chi connectivity index (χ4v) is 3.58. The average Bonchev–Trinajstić information content (AvgIpc) is 2.75. The van der Waals surface area contributed by atoms with Crippen LogP contribution in [0.3, 0.4) is 0 Å². The van der Waals surface area contributed by atoms with Gasteiger partial charge in [-0.2, -0.15) is 0 Å². The van der Waals surface area contributed by atoms with Crippen LogP contribution in [0, 0.1) is 0 Å². The minimum absolute atomic E-state index is 0.105. The molecule has 25 heavy (non-hydrogen) atoms. The van der Waals surface area contributed by atoms with Crippen LogP contribution in [-0.2, 0) is 11.3 Å². The molecule has 1 N–H and O–H groups in total. The Bertz CT molecular complexity index is 580. The van der Waals surface area contributed by atoms with E-state index in [4.69, 9.17) is 21.4 Å². The van der Waals surface area contributed by atoms with Crippen LogP contribution >= 0.6 is 11.6 Å². The number of aliphatic carboxylic acids is 1. The second kappa shape index (κ2) is 9.41. The molecule has 140 valence electrons. The fourth-order valence-electron chi connectivity index (χ4n) is 3.33. The first kappa shape index (κ1) is 20.0. The van der Waals surface area contributed by atoms with Gasteiger partial charge in [-0.3, -0.25) is 14.6 Å². The minimum Gasteiger partial charge on any atom is -0.489 e. The van der Waals surface area contributed by atoms with E-state index in [0.29, 0.717) is 11.1 Å². The lowest BCUT2D eigenvalue weighted by molar-refractivity contribution is -0.138. The highest BCUT2D eigenvalue weighted by Crippen LogP contribution is 2.27. The predicted octanol–water partition coefficient (Wildman–Crippen LogP) is 3.50. The smallest absolute Gasteiger partial charge is 0.317 e. The molecule has 0 spiro atoms. The van der Waals surface area contributed by atoms with Gasteiger partial charge in [0, 0.05) is 12.6 Å². The summed E-state index contributed by atoms with van der Waals surface area (Å²) in [6.07, 6.45) is 3.22. The molecule has 2 rings (SSSR count). The third-order valence-electron chi connectivity index (χ3n) is 4.56. The first-order chi connectivity index (χ1) is 11.8. The van der Waals surface area contributed by atoms with Crippen LogP contribution in [0.5, 0.6) is 5.75 Å². The Labute approximate surface area is 155 Å². The molecule has 1 atom stereocenters. The van der Waals surface area contributed by atoms with Gasteiger partial charge in [0.15, 0.2) is 0 Å². The number of rotatable bonds is 7. The summed E-state index contributed by atoms with van der Waals surface area (Å²) >= 11 is 6.33. The zero-order valence-corrected chi connectivity index (χ0v) is 16.1. The van der Waals surface area contributed by atoms with Gasteiger partial charge in [0.1, 0.15) is 5.75 Å². The summed E-state index contributed by atoms with van der Waals surface area (Å²) in [5.74, 6) is -0.0337. The van der Waals surface area contributed by atoms with Crippen LogP contribution in [0.1, 0.15) is 38.7 Å². The van der Waals surface area contributed by atoms with Crippen LogP contribution in [0.2, 0.25) is 5.02 Å². The highest BCUT2D eigenvalue weighted by Gasteiger charge is 2.21. The summed E-state index contributed by atoms with van der Waals surface area (Å²) in [5, 5.41) is 9.61. The van der Waals surface area contributed by atoms with Gasteiger partial charge in [-0.25, -0.2) is 0 Å². The molecule has 5 nitrogen and oxygen atoms in total. The predicted molar refractivity (Wildman–Crippen MR) is 100 cm³/mol. The van der Waals surface area contributed by atoms with Crippen molar-refractivity contribution in [2.24, 2.45) is 0 Å². The molecule has 0 aliphatic carbocycles. The van der Waals surface area contributed by atoms with Crippen LogP contribution in [0.15, 0.2) is 18.2 Å². The molecular formula is C19H29ClN2O3. The molecule has 0 saturated carbocycles. The second-order valence-corrected chi connectivity index (χ2v) is 7.51. The molecule has 0 amide bonds. The number of carbonyl (C=O) groups is 1. The van der Waals surface area contributed by atoms with Crippen LogP contribution in [0.4, 0.5) is 0 Å². The molecular weight excluding hydrogens is 340 g/mol. The van der Waals surface area contributed by atoms with Crippen molar-refractivity contribution in [3.63, 3.8) is 0 Å². The van der Waals surface area contributed by atoms with Gasteiger partial charge in [0.25, 0.3) is 0 Å². The maximum Gasteiger partial charge on any atom is 0.317 e. The molecule has 1 aromatic carbocycles. The van der Waals surface area contributed by atoms with Crippen molar-refractivity contribution < 1.29 is 14.6 Å². The normalized spacial score (nSPS) is 19.2. The van der Waals surface area contributed by atoms with E-state index in [0.717, 1.165) is 44.6 Å². The highest BCUT2D eigenvalue weighted by atomic mass is 35.5. The molecule has 0 bridgehead atoms. The van der Waals surface area contributed by atoms with Gasteiger partial charge in [-0.1, -0.05) is 17.7 Å². The van der Waals surface area contributed by atoms with Crippen LogP contribution in [0.25, 0.3) is 0 Å². The molecule has 1 aromatic rings. The van der Waals surface area contributed by atoms with Crippen molar-refractivity contribution in [2.45, 2.75) is 51.8 Å². The SMILES string of the molecule is CC(C)Oc1ccc(CN2CCCC(N(C)CC(=O)O)CC2)cc1Cl. The molecule has 1 aliphatic heterocycles. The average molecular weight is 369 g/mol. The van der Waals surface area contributed by atoms with Crippen molar-refractivity contribution in [1.82, 2.24) is 9.80 Å². The Morgan fingerprint density at radius 1 is 1.40 bits per heavy atom. The summed E-state index contributed by atoms with van der Waals surface area (Å²) < 4.78 is 5.68. The highest BCUT2D eigenvalue weighted by molar-refractivity contribution is 6.32. The number of likely N-dealkylation sites (tertiary alicyclic amines) is 1. The summed E-state index contributed by atoms with van der Waals surface area (Å²) in [7, 11) is 1.90. The summed E-state index contributed by atoms with van der Waals surface area (Å²) in [5.41, 5.74) is 1.18. The van der Waals surface area contributed by atoms with E-state index in [1.54, 1.807) is 0 Å². The van der Waals surface area contributed by atoms with E-state index < -0.39 is 5.97 Å². The first-order valence-corrected chi connectivity index (χ1v) is 9.32. The molecule has 1 heterocycles. The minimum atomic E-state index is -0.762. The molecule has 1 unspecified atom stereocenters. The quantitative estimate of drug-likeness (QED) is 0.798. The van der Waals surface area contributed by atoms with E-state index in [9.17, 15) is 4.79 Å². The van der Waals surface area contributed by atoms with E-state index in [1.807, 2.05) is 37.9 Å². The number of hydrogen-bond donors (Lipinski definition) is 1. The Hall–Kier alpha value is -1.30. The monoisotopic (exact) mass is 368 g/mol. The Balaban J connectivity index is 1.91. The largest absolute Gasteiger partial charge is 0.489 e. The maximum absolute atomic E-state index is 10.9. The lowest BCUT2D eigenvalue weighted by Crippen LogP contribution is -2.36. The molecule has 1 aliphatic rings. The van der Waals surface area contributed by atoms with Gasteiger partial charge in [0.2, 0.25) is 0 Å². The Kier molecular flexibility index (Phi) is 7.54. The second-order valence-electron chi connectivity index (χ2n) is 7.10. The van der Waals surface area contributed by atoms with Crippen LogP contribution < -0.4 is 4.74 Å². The van der Waals surface area contributed by atoms with E-state index >= 15 is 0 Å².